The van der Waals surface area contributed by atoms with E-state index in [9.17, 15) is 9.18 Å². The molecule has 2 atom stereocenters. The molecule has 2 N–H and O–H groups in total. The minimum Gasteiger partial charge on any atom is -0.394 e. The fourth-order valence-corrected chi connectivity index (χ4v) is 2.25. The maximum atomic E-state index is 12.8. The summed E-state index contributed by atoms with van der Waals surface area (Å²) in [4.78, 5) is 11.9. The fraction of sp³-hybridized carbons (Fsp3) is 0.533. The van der Waals surface area contributed by atoms with Crippen LogP contribution < -0.4 is 5.32 Å². The summed E-state index contributed by atoms with van der Waals surface area (Å²) in [5.74, 6) is 0.0415. The second-order valence-corrected chi connectivity index (χ2v) is 4.98. The van der Waals surface area contributed by atoms with Crippen LogP contribution in [-0.2, 0) is 9.53 Å². The molecule has 0 saturated heterocycles. The molecule has 1 saturated carbocycles. The average Bonchev–Trinajstić information content (AvgIpc) is 3.24. The van der Waals surface area contributed by atoms with E-state index in [1.165, 1.54) is 12.1 Å². The van der Waals surface area contributed by atoms with Crippen molar-refractivity contribution in [3.05, 3.63) is 35.6 Å². The summed E-state index contributed by atoms with van der Waals surface area (Å²) in [5, 5.41) is 11.4. The molecule has 1 aromatic carbocycles. The lowest BCUT2D eigenvalue weighted by atomic mass is 10.1. The highest BCUT2D eigenvalue weighted by Crippen LogP contribution is 2.47. The minimum absolute atomic E-state index is 0.0128. The predicted octanol–water partition coefficient (Wildman–Crippen LogP) is 1.44. The van der Waals surface area contributed by atoms with Gasteiger partial charge < -0.3 is 15.2 Å². The third-order valence-corrected chi connectivity index (χ3v) is 3.43. The molecule has 4 nitrogen and oxygen atoms in total. The van der Waals surface area contributed by atoms with E-state index in [0.717, 1.165) is 18.4 Å². The average molecular weight is 281 g/mol. The highest BCUT2D eigenvalue weighted by atomic mass is 19.1. The number of carbonyl (C=O) groups is 1. The van der Waals surface area contributed by atoms with Gasteiger partial charge in [-0.15, -0.1) is 0 Å². The van der Waals surface area contributed by atoms with Crippen LogP contribution in [0.2, 0.25) is 0 Å². The largest absolute Gasteiger partial charge is 0.394 e. The molecule has 1 aliphatic rings. The molecule has 1 fully saturated rings. The zero-order chi connectivity index (χ0) is 14.4. The fourth-order valence-electron chi connectivity index (χ4n) is 2.25. The first-order chi connectivity index (χ1) is 9.72. The monoisotopic (exact) mass is 281 g/mol. The number of ether oxygens (including phenoxy) is 1. The van der Waals surface area contributed by atoms with E-state index in [-0.39, 0.29) is 30.2 Å². The van der Waals surface area contributed by atoms with Crippen molar-refractivity contribution < 1.29 is 19.0 Å². The number of aliphatic hydroxyl groups excluding tert-OH is 1. The topological polar surface area (TPSA) is 58.6 Å². The van der Waals surface area contributed by atoms with Crippen LogP contribution >= 0.6 is 0 Å². The molecule has 0 heterocycles. The first kappa shape index (κ1) is 14.9. The summed E-state index contributed by atoms with van der Waals surface area (Å²) < 4.78 is 17.9. The molecule has 110 valence electrons. The van der Waals surface area contributed by atoms with Crippen LogP contribution in [0.15, 0.2) is 24.3 Å². The molecule has 0 radical (unpaired) electrons. The van der Waals surface area contributed by atoms with Crippen molar-refractivity contribution in [2.75, 3.05) is 26.4 Å². The zero-order valence-electron chi connectivity index (χ0n) is 11.3. The Morgan fingerprint density at radius 1 is 1.35 bits per heavy atom. The van der Waals surface area contributed by atoms with Crippen molar-refractivity contribution in [3.63, 3.8) is 0 Å². The molecule has 5 heteroatoms. The van der Waals surface area contributed by atoms with Crippen molar-refractivity contribution in [3.8, 4) is 0 Å². The Bertz CT molecular complexity index is 435. The highest BCUT2D eigenvalue weighted by Gasteiger charge is 2.43. The standard InChI is InChI=1S/C15H20FNO3/c16-12-4-2-11(3-5-12)13-10-14(13)15(19)17-6-1-8-20-9-7-18/h2-5,13-14,18H,1,6-10H2,(H,17,19). The summed E-state index contributed by atoms with van der Waals surface area (Å²) in [6.07, 6.45) is 1.57. The maximum Gasteiger partial charge on any atom is 0.223 e. The lowest BCUT2D eigenvalue weighted by Gasteiger charge is -2.05. The first-order valence-corrected chi connectivity index (χ1v) is 6.94. The predicted molar refractivity (Wildman–Crippen MR) is 72.8 cm³/mol. The van der Waals surface area contributed by atoms with Gasteiger partial charge in [-0.25, -0.2) is 4.39 Å². The first-order valence-electron chi connectivity index (χ1n) is 6.94. The Balaban J connectivity index is 1.64. The third-order valence-electron chi connectivity index (χ3n) is 3.43. The Kier molecular flexibility index (Phi) is 5.49. The van der Waals surface area contributed by atoms with Gasteiger partial charge in [0.2, 0.25) is 5.91 Å². The molecule has 1 amide bonds. The van der Waals surface area contributed by atoms with E-state index < -0.39 is 0 Å². The number of nitrogens with one attached hydrogen (secondary N) is 1. The molecule has 0 aromatic heterocycles. The van der Waals surface area contributed by atoms with Crippen LogP contribution in [0.3, 0.4) is 0 Å². The van der Waals surface area contributed by atoms with Gasteiger partial charge in [0.1, 0.15) is 5.82 Å². The molecule has 0 aliphatic heterocycles. The summed E-state index contributed by atoms with van der Waals surface area (Å²) in [6.45, 7) is 1.47. The van der Waals surface area contributed by atoms with Crippen molar-refractivity contribution in [2.45, 2.75) is 18.8 Å². The van der Waals surface area contributed by atoms with Gasteiger partial charge >= 0.3 is 0 Å². The van der Waals surface area contributed by atoms with E-state index in [2.05, 4.69) is 5.32 Å². The molecule has 2 unspecified atom stereocenters. The molecular formula is C15H20FNO3. The summed E-state index contributed by atoms with van der Waals surface area (Å²) >= 11 is 0. The third kappa shape index (κ3) is 4.28. The van der Waals surface area contributed by atoms with Crippen LogP contribution in [0.5, 0.6) is 0 Å². The van der Waals surface area contributed by atoms with E-state index in [0.29, 0.717) is 19.8 Å². The van der Waals surface area contributed by atoms with Gasteiger partial charge in [0.15, 0.2) is 0 Å². The Labute approximate surface area is 117 Å². The van der Waals surface area contributed by atoms with Gasteiger partial charge in [0.05, 0.1) is 13.2 Å². The number of aliphatic hydroxyl groups is 1. The Hall–Kier alpha value is -1.46. The number of amides is 1. The second kappa shape index (κ2) is 7.36. The second-order valence-electron chi connectivity index (χ2n) is 4.98. The summed E-state index contributed by atoms with van der Waals surface area (Å²) in [5.41, 5.74) is 1.03. The lowest BCUT2D eigenvalue weighted by Crippen LogP contribution is -2.27. The molecular weight excluding hydrogens is 261 g/mol. The number of hydrogen-bond acceptors (Lipinski definition) is 3. The van der Waals surface area contributed by atoms with Gasteiger partial charge in [-0.05, 0) is 36.5 Å². The normalized spacial score (nSPS) is 20.7. The number of rotatable bonds is 8. The van der Waals surface area contributed by atoms with E-state index in [1.54, 1.807) is 12.1 Å². The van der Waals surface area contributed by atoms with Gasteiger partial charge in [0, 0.05) is 19.1 Å². The van der Waals surface area contributed by atoms with E-state index in [4.69, 9.17) is 9.84 Å². The molecule has 1 aromatic rings. The van der Waals surface area contributed by atoms with Crippen LogP contribution in [0.4, 0.5) is 4.39 Å². The van der Waals surface area contributed by atoms with Crippen molar-refractivity contribution >= 4 is 5.91 Å². The number of carbonyl (C=O) groups excluding carboxylic acids is 1. The highest BCUT2D eigenvalue weighted by molar-refractivity contribution is 5.82. The van der Waals surface area contributed by atoms with Crippen LogP contribution in [-0.4, -0.2) is 37.4 Å². The molecule has 1 aliphatic carbocycles. The zero-order valence-corrected chi connectivity index (χ0v) is 11.3. The van der Waals surface area contributed by atoms with Crippen LogP contribution in [0.1, 0.15) is 24.3 Å². The smallest absolute Gasteiger partial charge is 0.223 e. The lowest BCUT2D eigenvalue weighted by molar-refractivity contribution is -0.122. The van der Waals surface area contributed by atoms with Gasteiger partial charge in [-0.1, -0.05) is 12.1 Å². The van der Waals surface area contributed by atoms with Gasteiger partial charge in [0.25, 0.3) is 0 Å². The van der Waals surface area contributed by atoms with Crippen LogP contribution in [0.25, 0.3) is 0 Å². The maximum absolute atomic E-state index is 12.8. The molecule has 2 rings (SSSR count). The Morgan fingerprint density at radius 3 is 2.80 bits per heavy atom. The van der Waals surface area contributed by atoms with Crippen molar-refractivity contribution in [2.24, 2.45) is 5.92 Å². The summed E-state index contributed by atoms with van der Waals surface area (Å²) in [6, 6.07) is 6.36. The number of benzene rings is 1. The Morgan fingerprint density at radius 2 is 2.10 bits per heavy atom. The number of hydrogen-bond donors (Lipinski definition) is 2. The molecule has 20 heavy (non-hydrogen) atoms. The van der Waals surface area contributed by atoms with Crippen molar-refractivity contribution in [1.82, 2.24) is 5.32 Å². The van der Waals surface area contributed by atoms with Gasteiger partial charge in [-0.2, -0.15) is 0 Å². The van der Waals surface area contributed by atoms with Gasteiger partial charge in [-0.3, -0.25) is 4.79 Å². The SMILES string of the molecule is O=C(NCCCOCCO)C1CC1c1ccc(F)cc1. The minimum atomic E-state index is -0.252. The van der Waals surface area contributed by atoms with Crippen LogP contribution in [0, 0.1) is 11.7 Å². The quantitative estimate of drug-likeness (QED) is 0.709. The number of halogens is 1. The van der Waals surface area contributed by atoms with E-state index in [1.807, 2.05) is 0 Å². The van der Waals surface area contributed by atoms with E-state index >= 15 is 0 Å². The van der Waals surface area contributed by atoms with Crippen molar-refractivity contribution in [1.29, 1.82) is 0 Å². The molecule has 0 bridgehead atoms. The molecule has 0 spiro atoms. The summed E-state index contributed by atoms with van der Waals surface area (Å²) in [7, 11) is 0.